The van der Waals surface area contributed by atoms with Crippen LogP contribution in [0.3, 0.4) is 0 Å². The van der Waals surface area contributed by atoms with Gasteiger partial charge in [-0.1, -0.05) is 25.5 Å². The predicted molar refractivity (Wildman–Crippen MR) is 121 cm³/mol. The molecule has 0 aromatic rings. The van der Waals surface area contributed by atoms with Crippen LogP contribution in [0.15, 0.2) is 23.8 Å². The first-order valence-corrected chi connectivity index (χ1v) is 13.3. The molecular weight excluding hydrogens is 487 g/mol. The van der Waals surface area contributed by atoms with Gasteiger partial charge in [0.1, 0.15) is 5.60 Å². The zero-order valence-corrected chi connectivity index (χ0v) is 23.2. The van der Waals surface area contributed by atoms with Crippen LogP contribution in [0.4, 0.5) is 0 Å². The number of esters is 1. The topological polar surface area (TPSA) is 155 Å². The molecule has 4 aliphatic rings. The predicted octanol–water partition coefficient (Wildman–Crippen LogP) is -1.50. The van der Waals surface area contributed by atoms with E-state index in [0.29, 0.717) is 12.8 Å². The van der Waals surface area contributed by atoms with Gasteiger partial charge < -0.3 is 16.4 Å². The Kier molecular flexibility index (Phi) is 8.01. The van der Waals surface area contributed by atoms with Gasteiger partial charge in [-0.2, -0.15) is 8.42 Å². The number of fused-ring (bicyclic) bond motifs is 5. The summed E-state index contributed by atoms with van der Waals surface area (Å²) in [6.45, 7) is 3.15. The normalized spacial score (nSPS) is 40.0. The molecule has 0 amide bonds. The summed E-state index contributed by atoms with van der Waals surface area (Å²) in [5.41, 5.74) is -2.14. The van der Waals surface area contributed by atoms with Crippen LogP contribution in [0, 0.1) is 28.6 Å². The summed E-state index contributed by atoms with van der Waals surface area (Å²) in [6.07, 6.45) is 6.14. The minimum atomic E-state index is -4.34. The van der Waals surface area contributed by atoms with Crippen LogP contribution in [-0.2, 0) is 29.2 Å². The standard InChI is InChI=1S/C24H32O9S.Na.H/c1-22-8-5-15(25)11-14(22)3-4-16-17-6-9-24(29,23(17,2)12-18(26)21(16)22)19(27)13-33-20(28)7-10-34(30,31)32;;/h5,8,11,16-18,21,26,29H,3-4,6-7,9-10,12-13H2,1-2H3,(H,30,31,32);;/q;+1;-1/t16-,17-,18?,21+,22-,23-,24-;;/m0../s1. The molecule has 7 atom stereocenters. The quantitative estimate of drug-likeness (QED) is 0.216. The van der Waals surface area contributed by atoms with Gasteiger partial charge in [0.05, 0.1) is 18.3 Å². The number of carbonyl (C=O) groups is 3. The zero-order valence-electron chi connectivity index (χ0n) is 21.4. The van der Waals surface area contributed by atoms with E-state index in [1.807, 2.05) is 19.9 Å². The van der Waals surface area contributed by atoms with Gasteiger partial charge in [-0.15, -0.1) is 0 Å². The third kappa shape index (κ3) is 4.87. The van der Waals surface area contributed by atoms with E-state index in [1.54, 1.807) is 12.2 Å². The molecule has 190 valence electrons. The second-order valence-corrected chi connectivity index (χ2v) is 12.3. The number of allylic oxidation sites excluding steroid dienone is 4. The molecule has 4 rings (SSSR count). The second kappa shape index (κ2) is 9.78. The van der Waals surface area contributed by atoms with Crippen LogP contribution in [0.5, 0.6) is 0 Å². The van der Waals surface area contributed by atoms with Crippen LogP contribution in [0.2, 0.25) is 0 Å². The van der Waals surface area contributed by atoms with Crippen molar-refractivity contribution in [3.8, 4) is 0 Å². The number of ketones is 2. The van der Waals surface area contributed by atoms with Crippen molar-refractivity contribution in [2.24, 2.45) is 28.6 Å². The van der Waals surface area contributed by atoms with Crippen molar-refractivity contribution in [1.29, 1.82) is 0 Å². The van der Waals surface area contributed by atoms with Gasteiger partial charge in [-0.25, -0.2) is 0 Å². The van der Waals surface area contributed by atoms with Gasteiger partial charge in [0.15, 0.2) is 12.4 Å². The van der Waals surface area contributed by atoms with Gasteiger partial charge >= 0.3 is 35.5 Å². The second-order valence-electron chi connectivity index (χ2n) is 10.7. The SMILES string of the molecule is C[C@]12C=CC(=O)C=C1CC[C@@H]1[C@@H]2C(O)C[C@@]2(C)[C@H]1CC[C@]2(O)C(=O)COC(=O)CCS(=O)(=O)O.[H-].[Na+]. The van der Waals surface area contributed by atoms with Crippen LogP contribution in [0.25, 0.3) is 0 Å². The van der Waals surface area contributed by atoms with Crippen LogP contribution in [-0.4, -0.2) is 64.8 Å². The molecule has 3 saturated carbocycles. The van der Waals surface area contributed by atoms with Gasteiger partial charge in [0, 0.05) is 16.7 Å². The Morgan fingerprint density at radius 3 is 2.60 bits per heavy atom. The molecule has 0 bridgehead atoms. The van der Waals surface area contributed by atoms with Gasteiger partial charge in [-0.05, 0) is 56.1 Å². The smallest absolute Gasteiger partial charge is 1.00 e. The summed E-state index contributed by atoms with van der Waals surface area (Å²) < 4.78 is 35.2. The van der Waals surface area contributed by atoms with Crippen LogP contribution in [0.1, 0.15) is 53.8 Å². The summed E-state index contributed by atoms with van der Waals surface area (Å²) in [5.74, 6) is -2.61. The van der Waals surface area contributed by atoms with Crippen molar-refractivity contribution < 1.29 is 73.3 Å². The fourth-order valence-corrected chi connectivity index (χ4v) is 7.76. The van der Waals surface area contributed by atoms with Crippen molar-refractivity contribution in [3.63, 3.8) is 0 Å². The van der Waals surface area contributed by atoms with E-state index in [0.717, 1.165) is 12.0 Å². The molecule has 9 nitrogen and oxygen atoms in total. The van der Waals surface area contributed by atoms with Crippen molar-refractivity contribution >= 4 is 27.7 Å². The van der Waals surface area contributed by atoms with Gasteiger partial charge in [0.25, 0.3) is 10.1 Å². The first kappa shape index (κ1) is 28.7. The third-order valence-electron chi connectivity index (χ3n) is 9.04. The molecule has 0 spiro atoms. The molecule has 4 aliphatic carbocycles. The third-order valence-corrected chi connectivity index (χ3v) is 9.76. The summed E-state index contributed by atoms with van der Waals surface area (Å²) in [4.78, 5) is 36.8. The Hall–Kier alpha value is -0.880. The molecule has 0 radical (unpaired) electrons. The monoisotopic (exact) mass is 520 g/mol. The fourth-order valence-electron chi connectivity index (χ4n) is 7.34. The molecule has 0 aliphatic heterocycles. The summed E-state index contributed by atoms with van der Waals surface area (Å²) in [5, 5.41) is 22.9. The molecule has 0 aromatic carbocycles. The Balaban J connectivity index is 0.00000228. The molecule has 3 N–H and O–H groups in total. The van der Waals surface area contributed by atoms with E-state index < -0.39 is 63.2 Å². The number of hydrogen-bond acceptors (Lipinski definition) is 8. The largest absolute Gasteiger partial charge is 1.00 e. The van der Waals surface area contributed by atoms with E-state index in [-0.39, 0.29) is 67.4 Å². The van der Waals surface area contributed by atoms with Crippen molar-refractivity contribution in [2.45, 2.75) is 64.1 Å². The maximum atomic E-state index is 13.1. The molecule has 0 aromatic heterocycles. The minimum absolute atomic E-state index is 0. The average Bonchev–Trinajstić information content (AvgIpc) is 3.01. The summed E-state index contributed by atoms with van der Waals surface area (Å²) >= 11 is 0. The molecule has 11 heteroatoms. The first-order valence-electron chi connectivity index (χ1n) is 11.7. The van der Waals surface area contributed by atoms with Gasteiger partial charge in [0.2, 0.25) is 5.78 Å². The van der Waals surface area contributed by atoms with Crippen molar-refractivity contribution in [3.05, 3.63) is 23.8 Å². The first-order chi connectivity index (χ1) is 15.7. The molecular formula is C24H33NaO9S. The Morgan fingerprint density at radius 2 is 1.94 bits per heavy atom. The Morgan fingerprint density at radius 1 is 1.26 bits per heavy atom. The van der Waals surface area contributed by atoms with Gasteiger partial charge in [-0.3, -0.25) is 18.9 Å². The number of aliphatic hydroxyl groups is 2. The van der Waals surface area contributed by atoms with E-state index in [1.165, 1.54) is 0 Å². The maximum Gasteiger partial charge on any atom is 1.00 e. The van der Waals surface area contributed by atoms with Crippen molar-refractivity contribution in [1.82, 2.24) is 0 Å². The van der Waals surface area contributed by atoms with Crippen molar-refractivity contribution in [2.75, 3.05) is 12.4 Å². The number of hydrogen-bond donors (Lipinski definition) is 3. The molecule has 1 unspecified atom stereocenters. The van der Waals surface area contributed by atoms with E-state index in [2.05, 4.69) is 0 Å². The fraction of sp³-hybridized carbons (Fsp3) is 0.708. The zero-order chi connectivity index (χ0) is 25.1. The van der Waals surface area contributed by atoms with Crippen LogP contribution < -0.4 is 29.6 Å². The maximum absolute atomic E-state index is 13.1. The average molecular weight is 521 g/mol. The molecule has 3 fully saturated rings. The number of Topliss-reactive ketones (excluding diaryl/α,β-unsaturated/α-hetero) is 1. The molecule has 0 heterocycles. The number of carbonyl (C=O) groups excluding carboxylic acids is 3. The number of ether oxygens (including phenoxy) is 1. The molecule has 35 heavy (non-hydrogen) atoms. The van der Waals surface area contributed by atoms with E-state index in [4.69, 9.17) is 9.29 Å². The number of rotatable bonds is 6. The minimum Gasteiger partial charge on any atom is -1.00 e. The van der Waals surface area contributed by atoms with E-state index in [9.17, 15) is 33.0 Å². The Labute approximate surface area is 228 Å². The van der Waals surface area contributed by atoms with Crippen LogP contribution >= 0.6 is 0 Å². The molecule has 0 saturated heterocycles. The summed E-state index contributed by atoms with van der Waals surface area (Å²) in [7, 11) is -4.34. The van der Waals surface area contributed by atoms with E-state index >= 15 is 0 Å². The summed E-state index contributed by atoms with van der Waals surface area (Å²) in [6, 6.07) is 0. The number of aliphatic hydroxyl groups excluding tert-OH is 1. The Bertz CT molecular complexity index is 1090.